The number of anilines is 1. The molecule has 174 valence electrons. The van der Waals surface area contributed by atoms with E-state index in [4.69, 9.17) is 4.98 Å². The first kappa shape index (κ1) is 23.5. The molecule has 4 aromatic rings. The zero-order chi connectivity index (χ0) is 24.4. The van der Waals surface area contributed by atoms with Gasteiger partial charge in [-0.3, -0.25) is 9.59 Å². The van der Waals surface area contributed by atoms with Crippen LogP contribution in [0.1, 0.15) is 35.8 Å². The van der Waals surface area contributed by atoms with Crippen LogP contribution < -0.4 is 5.32 Å². The van der Waals surface area contributed by atoms with Gasteiger partial charge in [-0.15, -0.1) is 0 Å². The molecule has 1 N–H and O–H groups in total. The van der Waals surface area contributed by atoms with Crippen molar-refractivity contribution in [2.24, 2.45) is 0 Å². The molecule has 34 heavy (non-hydrogen) atoms. The molecule has 2 amide bonds. The van der Waals surface area contributed by atoms with Gasteiger partial charge in [-0.2, -0.15) is 5.10 Å². The molecule has 0 saturated heterocycles. The predicted molar refractivity (Wildman–Crippen MR) is 137 cm³/mol. The van der Waals surface area contributed by atoms with E-state index in [2.05, 4.69) is 10.4 Å². The van der Waals surface area contributed by atoms with Crippen LogP contribution in [0.4, 0.5) is 10.5 Å². The van der Waals surface area contributed by atoms with E-state index in [1.165, 1.54) is 4.90 Å². The SMILES string of the molecule is Cc1ccccc1-c1cc(C(=O)Nc2ccc(SC(=O)N(C)C)cc2)c2cnn(C(C)C)c2n1. The van der Waals surface area contributed by atoms with Crippen LogP contribution in [0.3, 0.4) is 0 Å². The van der Waals surface area contributed by atoms with Gasteiger partial charge >= 0.3 is 0 Å². The van der Waals surface area contributed by atoms with Crippen molar-refractivity contribution in [2.45, 2.75) is 31.7 Å². The normalized spacial score (nSPS) is 11.1. The Morgan fingerprint density at radius 3 is 2.41 bits per heavy atom. The minimum atomic E-state index is -0.240. The van der Waals surface area contributed by atoms with Crippen LogP contribution in [0, 0.1) is 6.92 Å². The fraction of sp³-hybridized carbons (Fsp3) is 0.231. The number of hydrogen-bond acceptors (Lipinski definition) is 5. The topological polar surface area (TPSA) is 80.1 Å². The second-order valence-corrected chi connectivity index (χ2v) is 9.56. The van der Waals surface area contributed by atoms with Crippen molar-refractivity contribution in [2.75, 3.05) is 19.4 Å². The van der Waals surface area contributed by atoms with E-state index >= 15 is 0 Å². The Morgan fingerprint density at radius 1 is 1.06 bits per heavy atom. The number of nitrogens with zero attached hydrogens (tertiary/aromatic N) is 4. The Kier molecular flexibility index (Phi) is 6.70. The average molecular weight is 474 g/mol. The van der Waals surface area contributed by atoms with Crippen molar-refractivity contribution in [3.63, 3.8) is 0 Å². The molecule has 0 unspecified atom stereocenters. The summed E-state index contributed by atoms with van der Waals surface area (Å²) in [5, 5.41) is 8.12. The third kappa shape index (κ3) is 4.82. The Balaban J connectivity index is 1.70. The van der Waals surface area contributed by atoms with Crippen LogP contribution in [-0.2, 0) is 0 Å². The van der Waals surface area contributed by atoms with E-state index < -0.39 is 0 Å². The minimum Gasteiger partial charge on any atom is -0.339 e. The van der Waals surface area contributed by atoms with E-state index in [9.17, 15) is 9.59 Å². The third-order valence-corrected chi connectivity index (χ3v) is 6.45. The van der Waals surface area contributed by atoms with Crippen molar-refractivity contribution < 1.29 is 9.59 Å². The van der Waals surface area contributed by atoms with Crippen molar-refractivity contribution in [3.8, 4) is 11.3 Å². The largest absolute Gasteiger partial charge is 0.339 e. The number of thioether (sulfide) groups is 1. The standard InChI is InChI=1S/C26H27N5O2S/c1-16(2)31-24-22(15-27-31)21(14-23(29-24)20-9-7-6-8-17(20)3)25(32)28-18-10-12-19(13-11-18)34-26(33)30(4)5/h6-16H,1-5H3,(H,28,32). The molecule has 0 radical (unpaired) electrons. The molecule has 0 aliphatic rings. The maximum atomic E-state index is 13.4. The van der Waals surface area contributed by atoms with Crippen LogP contribution in [0.5, 0.6) is 0 Å². The van der Waals surface area contributed by atoms with Crippen LogP contribution >= 0.6 is 11.8 Å². The van der Waals surface area contributed by atoms with Gasteiger partial charge in [-0.1, -0.05) is 24.3 Å². The second-order valence-electron chi connectivity index (χ2n) is 8.53. The zero-order valence-electron chi connectivity index (χ0n) is 19.9. The molecule has 0 bridgehead atoms. The van der Waals surface area contributed by atoms with Gasteiger partial charge in [-0.05, 0) is 68.4 Å². The first-order chi connectivity index (χ1) is 16.2. The van der Waals surface area contributed by atoms with Gasteiger partial charge in [0.1, 0.15) is 0 Å². The monoisotopic (exact) mass is 473 g/mol. The number of aryl methyl sites for hydroxylation is 1. The molecule has 0 spiro atoms. The number of carbonyl (C=O) groups excluding carboxylic acids is 2. The summed E-state index contributed by atoms with van der Waals surface area (Å²) in [5.41, 5.74) is 4.61. The van der Waals surface area contributed by atoms with E-state index in [-0.39, 0.29) is 17.2 Å². The molecular formula is C26H27N5O2S. The van der Waals surface area contributed by atoms with Crippen LogP contribution in [-0.4, -0.2) is 44.9 Å². The Hall–Kier alpha value is -3.65. The fourth-order valence-electron chi connectivity index (χ4n) is 3.58. The molecule has 0 atom stereocenters. The number of fused-ring (bicyclic) bond motifs is 1. The molecule has 8 heteroatoms. The zero-order valence-corrected chi connectivity index (χ0v) is 20.7. The number of hydrogen-bond donors (Lipinski definition) is 1. The van der Waals surface area contributed by atoms with E-state index in [0.717, 1.165) is 33.5 Å². The number of rotatable bonds is 5. The number of pyridine rings is 1. The maximum absolute atomic E-state index is 13.4. The lowest BCUT2D eigenvalue weighted by Gasteiger charge is -2.12. The molecule has 4 rings (SSSR count). The van der Waals surface area contributed by atoms with Crippen LogP contribution in [0.25, 0.3) is 22.3 Å². The number of aromatic nitrogens is 3. The van der Waals surface area contributed by atoms with Crippen molar-refractivity contribution >= 4 is 39.6 Å². The van der Waals surface area contributed by atoms with E-state index in [1.807, 2.05) is 67.9 Å². The molecule has 0 aliphatic carbocycles. The minimum absolute atomic E-state index is 0.0538. The Bertz CT molecular complexity index is 1360. The van der Waals surface area contributed by atoms with Gasteiger partial charge in [-0.25, -0.2) is 9.67 Å². The van der Waals surface area contributed by atoms with Crippen LogP contribution in [0.2, 0.25) is 0 Å². The summed E-state index contributed by atoms with van der Waals surface area (Å²) >= 11 is 1.14. The van der Waals surface area contributed by atoms with Gasteiger partial charge < -0.3 is 10.2 Å². The average Bonchev–Trinajstić information content (AvgIpc) is 3.24. The molecule has 2 aromatic heterocycles. The first-order valence-corrected chi connectivity index (χ1v) is 11.8. The summed E-state index contributed by atoms with van der Waals surface area (Å²) in [5.74, 6) is -0.240. The highest BCUT2D eigenvalue weighted by molar-refractivity contribution is 8.13. The molecule has 0 saturated carbocycles. The lowest BCUT2D eigenvalue weighted by molar-refractivity contribution is 0.102. The highest BCUT2D eigenvalue weighted by Gasteiger charge is 2.19. The maximum Gasteiger partial charge on any atom is 0.285 e. The Morgan fingerprint density at radius 2 is 1.76 bits per heavy atom. The van der Waals surface area contributed by atoms with Crippen molar-refractivity contribution in [1.82, 2.24) is 19.7 Å². The smallest absolute Gasteiger partial charge is 0.285 e. The fourth-order valence-corrected chi connectivity index (χ4v) is 4.24. The van der Waals surface area contributed by atoms with Gasteiger partial charge in [0.2, 0.25) is 0 Å². The summed E-state index contributed by atoms with van der Waals surface area (Å²) in [6, 6.07) is 17.1. The van der Waals surface area contributed by atoms with Crippen molar-refractivity contribution in [3.05, 3.63) is 71.9 Å². The predicted octanol–water partition coefficient (Wildman–Crippen LogP) is 6.01. The second kappa shape index (κ2) is 9.69. The highest BCUT2D eigenvalue weighted by atomic mass is 32.2. The first-order valence-electron chi connectivity index (χ1n) is 11.0. The van der Waals surface area contributed by atoms with Gasteiger partial charge in [0.15, 0.2) is 5.65 Å². The molecule has 0 fully saturated rings. The molecule has 7 nitrogen and oxygen atoms in total. The summed E-state index contributed by atoms with van der Waals surface area (Å²) in [7, 11) is 3.43. The van der Waals surface area contributed by atoms with Gasteiger partial charge in [0, 0.05) is 36.3 Å². The number of benzene rings is 2. The molecule has 2 aromatic carbocycles. The third-order valence-electron chi connectivity index (χ3n) is 5.40. The summed E-state index contributed by atoms with van der Waals surface area (Å²) < 4.78 is 1.83. The van der Waals surface area contributed by atoms with E-state index in [0.29, 0.717) is 22.3 Å². The van der Waals surface area contributed by atoms with Gasteiger partial charge in [0.05, 0.1) is 22.8 Å². The summed E-state index contributed by atoms with van der Waals surface area (Å²) in [4.78, 5) is 32.5. The van der Waals surface area contributed by atoms with Gasteiger partial charge in [0.25, 0.3) is 11.1 Å². The van der Waals surface area contributed by atoms with Crippen LogP contribution in [0.15, 0.2) is 65.7 Å². The molecular weight excluding hydrogens is 446 g/mol. The molecule has 2 heterocycles. The van der Waals surface area contributed by atoms with Crippen molar-refractivity contribution in [1.29, 1.82) is 0 Å². The lowest BCUT2D eigenvalue weighted by Crippen LogP contribution is -2.16. The number of nitrogens with one attached hydrogen (secondary N) is 1. The summed E-state index contributed by atoms with van der Waals surface area (Å²) in [6.45, 7) is 6.10. The van der Waals surface area contributed by atoms with E-state index in [1.54, 1.807) is 32.4 Å². The molecule has 0 aliphatic heterocycles. The summed E-state index contributed by atoms with van der Waals surface area (Å²) in [6.07, 6.45) is 1.70. The number of amides is 2. The lowest BCUT2D eigenvalue weighted by atomic mass is 10.0. The Labute approximate surface area is 203 Å². The highest BCUT2D eigenvalue weighted by Crippen LogP contribution is 2.29. The number of carbonyl (C=O) groups is 2. The quantitative estimate of drug-likeness (QED) is 0.359.